The Morgan fingerprint density at radius 1 is 1.44 bits per heavy atom. The predicted octanol–water partition coefficient (Wildman–Crippen LogP) is 1.13. The third-order valence-corrected chi connectivity index (χ3v) is 2.93. The van der Waals surface area contributed by atoms with Gasteiger partial charge in [-0.3, -0.25) is 4.79 Å². The number of rotatable bonds is 4. The third kappa shape index (κ3) is 2.39. The maximum Gasteiger partial charge on any atom is 0.229 e. The predicted molar refractivity (Wildman–Crippen MR) is 60.4 cm³/mol. The van der Waals surface area contributed by atoms with Crippen LogP contribution in [0.2, 0.25) is 0 Å². The molecular formula is C11H14N4O3. The molecule has 0 aliphatic carbocycles. The number of likely N-dealkylation sites (N-methyl/N-ethyl adjacent to an activating group) is 1. The summed E-state index contributed by atoms with van der Waals surface area (Å²) in [4.78, 5) is 13.6. The highest BCUT2D eigenvalue weighted by Crippen LogP contribution is 2.17. The molecule has 0 bridgehead atoms. The highest BCUT2D eigenvalue weighted by atomic mass is 16.6. The number of carbonyl (C=O) groups excluding carboxylic acids is 1. The molecule has 2 rings (SSSR count). The number of hydrogen-bond acceptors (Lipinski definition) is 6. The molecule has 0 fully saturated rings. The number of hydrogen-bond donors (Lipinski definition) is 0. The number of amides is 1. The van der Waals surface area contributed by atoms with Crippen molar-refractivity contribution < 1.29 is 13.9 Å². The summed E-state index contributed by atoms with van der Waals surface area (Å²) in [5.41, 5.74) is 1.89. The van der Waals surface area contributed by atoms with Crippen molar-refractivity contribution in [2.24, 2.45) is 0 Å². The van der Waals surface area contributed by atoms with E-state index in [0.717, 1.165) is 0 Å². The minimum Gasteiger partial charge on any atom is -0.364 e. The van der Waals surface area contributed by atoms with Crippen LogP contribution in [0.1, 0.15) is 30.0 Å². The van der Waals surface area contributed by atoms with Crippen LogP contribution in [0, 0.1) is 6.92 Å². The molecule has 18 heavy (non-hydrogen) atoms. The molecule has 0 saturated carbocycles. The molecule has 2 aromatic heterocycles. The first-order valence-electron chi connectivity index (χ1n) is 5.53. The summed E-state index contributed by atoms with van der Waals surface area (Å²) in [6, 6.07) is 1.58. The summed E-state index contributed by atoms with van der Waals surface area (Å²) in [6.45, 7) is 3.63. The smallest absolute Gasteiger partial charge is 0.229 e. The van der Waals surface area contributed by atoms with Crippen molar-refractivity contribution in [3.8, 4) is 0 Å². The minimum atomic E-state index is -0.156. The number of aromatic nitrogens is 3. The van der Waals surface area contributed by atoms with Gasteiger partial charge in [0, 0.05) is 13.1 Å². The molecule has 1 atom stereocenters. The molecule has 0 aliphatic heterocycles. The van der Waals surface area contributed by atoms with Crippen LogP contribution in [0.25, 0.3) is 0 Å². The van der Waals surface area contributed by atoms with Gasteiger partial charge in [0.25, 0.3) is 0 Å². The van der Waals surface area contributed by atoms with Gasteiger partial charge in [0.15, 0.2) is 0 Å². The summed E-state index contributed by atoms with van der Waals surface area (Å²) in [6.07, 6.45) is 1.64. The molecule has 7 nitrogen and oxygen atoms in total. The molecule has 1 amide bonds. The lowest BCUT2D eigenvalue weighted by atomic mass is 10.2. The minimum absolute atomic E-state index is 0.0794. The van der Waals surface area contributed by atoms with Crippen LogP contribution in [0.15, 0.2) is 21.5 Å². The number of aryl methyl sites for hydroxylation is 1. The fourth-order valence-corrected chi connectivity index (χ4v) is 1.53. The lowest BCUT2D eigenvalue weighted by Gasteiger charge is -2.22. The summed E-state index contributed by atoms with van der Waals surface area (Å²) < 4.78 is 9.33. The normalized spacial score (nSPS) is 12.4. The Labute approximate surface area is 104 Å². The van der Waals surface area contributed by atoms with Gasteiger partial charge in [-0.25, -0.2) is 4.63 Å². The Balaban J connectivity index is 2.03. The maximum absolute atomic E-state index is 12.1. The first-order valence-corrected chi connectivity index (χ1v) is 5.53. The van der Waals surface area contributed by atoms with Crippen LogP contribution >= 0.6 is 0 Å². The first kappa shape index (κ1) is 12.3. The topological polar surface area (TPSA) is 85.3 Å². The quantitative estimate of drug-likeness (QED) is 0.808. The Morgan fingerprint density at radius 2 is 2.22 bits per heavy atom. The SMILES string of the molecule is Cc1nonc1CC(=O)N(C)C(C)c1ccon1. The zero-order valence-electron chi connectivity index (χ0n) is 10.5. The molecule has 96 valence electrons. The van der Waals surface area contributed by atoms with Crippen molar-refractivity contribution in [3.05, 3.63) is 29.4 Å². The lowest BCUT2D eigenvalue weighted by molar-refractivity contribution is -0.131. The molecule has 0 aliphatic rings. The summed E-state index contributed by atoms with van der Waals surface area (Å²) in [7, 11) is 1.71. The second-order valence-corrected chi connectivity index (χ2v) is 4.08. The standard InChI is InChI=1S/C11H14N4O3/c1-7-10(14-18-12-7)6-11(16)15(3)8(2)9-4-5-17-13-9/h4-5,8H,6H2,1-3H3. The monoisotopic (exact) mass is 250 g/mol. The van der Waals surface area contributed by atoms with Crippen molar-refractivity contribution in [2.45, 2.75) is 26.3 Å². The Morgan fingerprint density at radius 3 is 2.78 bits per heavy atom. The van der Waals surface area contributed by atoms with E-state index >= 15 is 0 Å². The van der Waals surface area contributed by atoms with Crippen molar-refractivity contribution >= 4 is 5.91 Å². The van der Waals surface area contributed by atoms with Crippen LogP contribution in [-0.2, 0) is 11.2 Å². The van der Waals surface area contributed by atoms with E-state index < -0.39 is 0 Å². The second kappa shape index (κ2) is 4.99. The fraction of sp³-hybridized carbons (Fsp3) is 0.455. The second-order valence-electron chi connectivity index (χ2n) is 4.08. The van der Waals surface area contributed by atoms with Crippen LogP contribution in [0.5, 0.6) is 0 Å². The molecule has 2 heterocycles. The molecule has 0 spiro atoms. The summed E-state index contributed by atoms with van der Waals surface area (Å²) >= 11 is 0. The summed E-state index contributed by atoms with van der Waals surface area (Å²) in [5, 5.41) is 11.2. The Kier molecular flexibility index (Phi) is 3.40. The fourth-order valence-electron chi connectivity index (χ4n) is 1.53. The number of nitrogens with zero attached hydrogens (tertiary/aromatic N) is 4. The van der Waals surface area contributed by atoms with Crippen LogP contribution in [0.4, 0.5) is 0 Å². The molecule has 0 radical (unpaired) electrons. The summed E-state index contributed by atoms with van der Waals surface area (Å²) in [5.74, 6) is -0.0794. The third-order valence-electron chi connectivity index (χ3n) is 2.93. The van der Waals surface area contributed by atoms with Crippen LogP contribution in [-0.4, -0.2) is 33.3 Å². The maximum atomic E-state index is 12.1. The molecule has 0 N–H and O–H groups in total. The van der Waals surface area contributed by atoms with Gasteiger partial charge in [-0.2, -0.15) is 0 Å². The van der Waals surface area contributed by atoms with Gasteiger partial charge < -0.3 is 9.42 Å². The lowest BCUT2D eigenvalue weighted by Crippen LogP contribution is -2.31. The van der Waals surface area contributed by atoms with Gasteiger partial charge in [-0.05, 0) is 13.8 Å². The van der Waals surface area contributed by atoms with Gasteiger partial charge in [-0.1, -0.05) is 15.5 Å². The van der Waals surface area contributed by atoms with E-state index in [1.54, 1.807) is 24.9 Å². The molecule has 7 heteroatoms. The Bertz CT molecular complexity index is 520. The molecule has 2 aromatic rings. The van der Waals surface area contributed by atoms with Crippen molar-refractivity contribution in [1.82, 2.24) is 20.4 Å². The highest BCUT2D eigenvalue weighted by Gasteiger charge is 2.21. The van der Waals surface area contributed by atoms with Crippen molar-refractivity contribution in [3.63, 3.8) is 0 Å². The zero-order chi connectivity index (χ0) is 13.1. The van der Waals surface area contributed by atoms with Crippen molar-refractivity contribution in [1.29, 1.82) is 0 Å². The van der Waals surface area contributed by atoms with E-state index in [2.05, 4.69) is 20.1 Å². The van der Waals surface area contributed by atoms with E-state index in [1.807, 2.05) is 6.92 Å². The van der Waals surface area contributed by atoms with E-state index in [-0.39, 0.29) is 18.4 Å². The first-order chi connectivity index (χ1) is 8.59. The highest BCUT2D eigenvalue weighted by molar-refractivity contribution is 5.78. The molecular weight excluding hydrogens is 236 g/mol. The van der Waals surface area contributed by atoms with Gasteiger partial charge in [0.1, 0.15) is 23.3 Å². The van der Waals surface area contributed by atoms with Crippen molar-refractivity contribution in [2.75, 3.05) is 7.05 Å². The van der Waals surface area contributed by atoms with E-state index in [1.165, 1.54) is 6.26 Å². The zero-order valence-corrected chi connectivity index (χ0v) is 10.5. The average Bonchev–Trinajstić information content (AvgIpc) is 3.00. The van der Waals surface area contributed by atoms with Crippen LogP contribution in [0.3, 0.4) is 0 Å². The molecule has 0 aromatic carbocycles. The average molecular weight is 250 g/mol. The molecule has 1 unspecified atom stereocenters. The Hall–Kier alpha value is -2.18. The van der Waals surface area contributed by atoms with Crippen LogP contribution < -0.4 is 0 Å². The van der Waals surface area contributed by atoms with Gasteiger partial charge in [0.2, 0.25) is 5.91 Å². The number of carbonyl (C=O) groups is 1. The largest absolute Gasteiger partial charge is 0.364 e. The van der Waals surface area contributed by atoms with Gasteiger partial charge >= 0.3 is 0 Å². The molecule has 0 saturated heterocycles. The van der Waals surface area contributed by atoms with Gasteiger partial charge in [-0.15, -0.1) is 0 Å². The van der Waals surface area contributed by atoms with E-state index in [4.69, 9.17) is 4.52 Å². The van der Waals surface area contributed by atoms with E-state index in [0.29, 0.717) is 17.1 Å². The van der Waals surface area contributed by atoms with E-state index in [9.17, 15) is 4.79 Å². The van der Waals surface area contributed by atoms with Gasteiger partial charge in [0.05, 0.1) is 12.5 Å².